The highest BCUT2D eigenvalue weighted by Crippen LogP contribution is 2.19. The zero-order valence-corrected chi connectivity index (χ0v) is 29.6. The lowest BCUT2D eigenvalue weighted by Crippen LogP contribution is -2.60. The molecular formula is C33H52N8O10. The molecule has 0 saturated carbocycles. The number of pyridine rings is 1. The van der Waals surface area contributed by atoms with Gasteiger partial charge >= 0.3 is 5.97 Å². The van der Waals surface area contributed by atoms with Gasteiger partial charge in [-0.3, -0.25) is 33.8 Å². The van der Waals surface area contributed by atoms with Crippen LogP contribution in [-0.4, -0.2) is 129 Å². The van der Waals surface area contributed by atoms with Crippen molar-refractivity contribution in [3.63, 3.8) is 0 Å². The molecule has 0 aromatic carbocycles. The van der Waals surface area contributed by atoms with Crippen LogP contribution < -0.4 is 32.3 Å². The summed E-state index contributed by atoms with van der Waals surface area (Å²) in [5, 5.41) is 41.8. The molecule has 1 aromatic rings. The van der Waals surface area contributed by atoms with E-state index in [0.29, 0.717) is 6.42 Å². The number of aliphatic carboxylic acids is 1. The molecule has 0 bridgehead atoms. The third-order valence-electron chi connectivity index (χ3n) is 8.23. The van der Waals surface area contributed by atoms with Gasteiger partial charge in [0.05, 0.1) is 25.3 Å². The van der Waals surface area contributed by atoms with E-state index in [9.17, 15) is 48.9 Å². The van der Waals surface area contributed by atoms with Crippen molar-refractivity contribution in [3.8, 4) is 0 Å². The molecular weight excluding hydrogens is 668 g/mol. The highest BCUT2D eigenvalue weighted by atomic mass is 16.4. The first-order valence-corrected chi connectivity index (χ1v) is 16.9. The van der Waals surface area contributed by atoms with E-state index in [1.807, 2.05) is 0 Å². The van der Waals surface area contributed by atoms with Crippen molar-refractivity contribution >= 4 is 41.4 Å². The monoisotopic (exact) mass is 720 g/mol. The maximum absolute atomic E-state index is 13.3. The average molecular weight is 721 g/mol. The lowest BCUT2D eigenvalue weighted by atomic mass is 10.0. The van der Waals surface area contributed by atoms with Crippen LogP contribution in [0.25, 0.3) is 0 Å². The van der Waals surface area contributed by atoms with Gasteiger partial charge in [0, 0.05) is 18.9 Å². The van der Waals surface area contributed by atoms with Crippen molar-refractivity contribution in [2.24, 2.45) is 17.6 Å². The summed E-state index contributed by atoms with van der Waals surface area (Å²) in [6.45, 7) is 6.80. The van der Waals surface area contributed by atoms with Gasteiger partial charge in [-0.15, -0.1) is 0 Å². The van der Waals surface area contributed by atoms with E-state index < -0.39 is 103 Å². The fourth-order valence-corrected chi connectivity index (χ4v) is 5.46. The number of hydrogen-bond acceptors (Lipinski definition) is 11. The van der Waals surface area contributed by atoms with Crippen LogP contribution in [0.15, 0.2) is 24.5 Å². The summed E-state index contributed by atoms with van der Waals surface area (Å²) in [5.74, 6) is -6.46. The van der Waals surface area contributed by atoms with Crippen molar-refractivity contribution in [1.82, 2.24) is 36.5 Å². The predicted molar refractivity (Wildman–Crippen MR) is 182 cm³/mol. The smallest absolute Gasteiger partial charge is 0.326 e. The van der Waals surface area contributed by atoms with E-state index in [1.165, 1.54) is 6.92 Å². The van der Waals surface area contributed by atoms with Crippen LogP contribution in [0.1, 0.15) is 59.4 Å². The molecule has 1 aliphatic heterocycles. The minimum atomic E-state index is -1.50. The lowest BCUT2D eigenvalue weighted by Gasteiger charge is -2.30. The number of hydrogen-bond donors (Lipinski definition) is 9. The van der Waals surface area contributed by atoms with Crippen molar-refractivity contribution in [2.75, 3.05) is 19.7 Å². The third kappa shape index (κ3) is 13.2. The van der Waals surface area contributed by atoms with Gasteiger partial charge in [-0.25, -0.2) is 4.79 Å². The second-order valence-corrected chi connectivity index (χ2v) is 13.4. The molecule has 6 amide bonds. The molecule has 0 unspecified atom stereocenters. The van der Waals surface area contributed by atoms with E-state index >= 15 is 0 Å². The van der Waals surface area contributed by atoms with Crippen LogP contribution >= 0.6 is 0 Å². The Bertz CT molecular complexity index is 1380. The second kappa shape index (κ2) is 20.2. The molecule has 0 aliphatic carbocycles. The normalized spacial score (nSPS) is 17.8. The van der Waals surface area contributed by atoms with Crippen LogP contribution in [0.4, 0.5) is 0 Å². The molecule has 7 atom stereocenters. The zero-order valence-electron chi connectivity index (χ0n) is 29.6. The maximum Gasteiger partial charge on any atom is 0.326 e. The zero-order chi connectivity index (χ0) is 38.4. The summed E-state index contributed by atoms with van der Waals surface area (Å²) in [6, 6.07) is -3.93. The molecule has 0 radical (unpaired) electrons. The SMILES string of the molecule is CC(C)C[C@H](NC(=O)CNC(=O)[C@H](CO)NC(=O)[C@@H](NC(=O)[C@@H](N)Cc1cccnc1)C(C)C)C(=O)N[C@H](C(=O)N1CCC[C@H]1C(=O)O)[C@@H](C)O. The van der Waals surface area contributed by atoms with E-state index in [2.05, 4.69) is 31.6 Å². The minimum Gasteiger partial charge on any atom is -0.480 e. The molecule has 284 valence electrons. The van der Waals surface area contributed by atoms with Gasteiger partial charge in [-0.1, -0.05) is 33.8 Å². The Morgan fingerprint density at radius 2 is 1.59 bits per heavy atom. The van der Waals surface area contributed by atoms with E-state index in [-0.39, 0.29) is 31.7 Å². The second-order valence-electron chi connectivity index (χ2n) is 13.4. The van der Waals surface area contributed by atoms with E-state index in [4.69, 9.17) is 5.73 Å². The van der Waals surface area contributed by atoms with E-state index in [0.717, 1.165) is 10.5 Å². The first-order chi connectivity index (χ1) is 24.0. The molecule has 0 spiro atoms. The number of aromatic nitrogens is 1. The first kappa shape index (κ1) is 42.5. The number of nitrogens with one attached hydrogen (secondary N) is 5. The molecule has 1 aromatic heterocycles. The van der Waals surface area contributed by atoms with Gasteiger partial charge in [-0.2, -0.15) is 0 Å². The predicted octanol–water partition coefficient (Wildman–Crippen LogP) is -2.84. The number of aliphatic hydroxyl groups excluding tert-OH is 2. The lowest BCUT2D eigenvalue weighted by molar-refractivity contribution is -0.150. The number of rotatable bonds is 19. The van der Waals surface area contributed by atoms with Crippen molar-refractivity contribution in [1.29, 1.82) is 0 Å². The molecule has 51 heavy (non-hydrogen) atoms. The van der Waals surface area contributed by atoms with Gasteiger partial charge in [0.2, 0.25) is 35.4 Å². The number of carbonyl (C=O) groups is 7. The molecule has 2 rings (SSSR count). The molecule has 1 saturated heterocycles. The maximum atomic E-state index is 13.3. The highest BCUT2D eigenvalue weighted by molar-refractivity contribution is 5.96. The first-order valence-electron chi connectivity index (χ1n) is 16.9. The number of nitrogens with zero attached hydrogens (tertiary/aromatic N) is 2. The van der Waals surface area contributed by atoms with Crippen LogP contribution in [0.3, 0.4) is 0 Å². The van der Waals surface area contributed by atoms with Gasteiger partial charge in [0.15, 0.2) is 0 Å². The fourth-order valence-electron chi connectivity index (χ4n) is 5.46. The minimum absolute atomic E-state index is 0.108. The number of amides is 6. The Labute approximate surface area is 296 Å². The summed E-state index contributed by atoms with van der Waals surface area (Å²) in [6.07, 6.45) is 2.71. The molecule has 2 heterocycles. The summed E-state index contributed by atoms with van der Waals surface area (Å²) in [4.78, 5) is 94.7. The van der Waals surface area contributed by atoms with Gasteiger partial charge < -0.3 is 52.5 Å². The summed E-state index contributed by atoms with van der Waals surface area (Å²) >= 11 is 0. The quantitative estimate of drug-likeness (QED) is 0.0699. The van der Waals surface area contributed by atoms with Crippen molar-refractivity contribution in [2.45, 2.75) is 103 Å². The molecule has 10 N–H and O–H groups in total. The Morgan fingerprint density at radius 1 is 0.922 bits per heavy atom. The van der Waals surface area contributed by atoms with Crippen LogP contribution in [0, 0.1) is 11.8 Å². The molecule has 1 aliphatic rings. The van der Waals surface area contributed by atoms with Gasteiger partial charge in [0.1, 0.15) is 30.2 Å². The van der Waals surface area contributed by atoms with Gasteiger partial charge in [0.25, 0.3) is 0 Å². The van der Waals surface area contributed by atoms with Gasteiger partial charge in [-0.05, 0) is 56.1 Å². The number of carboxylic acid groups (broad SMARTS) is 1. The Balaban J connectivity index is 2.00. The number of aliphatic hydroxyl groups is 2. The molecule has 18 nitrogen and oxygen atoms in total. The third-order valence-corrected chi connectivity index (χ3v) is 8.23. The van der Waals surface area contributed by atoms with Crippen LogP contribution in [0.2, 0.25) is 0 Å². The van der Waals surface area contributed by atoms with Crippen LogP contribution in [-0.2, 0) is 40.0 Å². The molecule has 1 fully saturated rings. The van der Waals surface area contributed by atoms with Crippen LogP contribution in [0.5, 0.6) is 0 Å². The molecule has 18 heteroatoms. The Morgan fingerprint density at radius 3 is 2.14 bits per heavy atom. The highest BCUT2D eigenvalue weighted by Gasteiger charge is 2.40. The van der Waals surface area contributed by atoms with Crippen molar-refractivity contribution in [3.05, 3.63) is 30.1 Å². The Kier molecular flexibility index (Phi) is 16.9. The van der Waals surface area contributed by atoms with Crippen molar-refractivity contribution < 1.29 is 48.9 Å². The summed E-state index contributed by atoms with van der Waals surface area (Å²) < 4.78 is 0. The topological polar surface area (TPSA) is 282 Å². The number of nitrogens with two attached hydrogens (primary N) is 1. The largest absolute Gasteiger partial charge is 0.480 e. The number of carbonyl (C=O) groups excluding carboxylic acids is 6. The standard InChI is InChI=1S/C33H52N8O10/c1-17(2)12-22(30(47)40-27(19(5)43)32(49)41-11-7-9-24(41)33(50)51)37-25(44)15-36-29(46)23(16-42)38-31(48)26(18(3)4)39-28(45)21(34)13-20-8-6-10-35-14-20/h6,8,10,14,17-19,21-24,26-27,42-43H,7,9,11-13,15-16,34H2,1-5H3,(H,36,46)(H,37,44)(H,38,48)(H,39,45)(H,40,47)(H,50,51)/t19-,21+,22+,23+,24+,26+,27+/m1/s1. The Hall–Kier alpha value is -4.68. The summed E-state index contributed by atoms with van der Waals surface area (Å²) in [7, 11) is 0. The van der Waals surface area contributed by atoms with E-state index in [1.54, 1.807) is 52.2 Å². The summed E-state index contributed by atoms with van der Waals surface area (Å²) in [5.41, 5.74) is 6.74. The number of carboxylic acids is 1. The average Bonchev–Trinajstić information content (AvgIpc) is 3.57. The number of likely N-dealkylation sites (tertiary alicyclic amines) is 1. The fraction of sp³-hybridized carbons (Fsp3) is 0.636.